The molecule has 9 aromatic rings. The summed E-state index contributed by atoms with van der Waals surface area (Å²) in [6.07, 6.45) is 0. The zero-order valence-electron chi connectivity index (χ0n) is 30.6. The predicted molar refractivity (Wildman–Crippen MR) is 228 cm³/mol. The van der Waals surface area contributed by atoms with Crippen LogP contribution < -0.4 is 4.74 Å². The summed E-state index contributed by atoms with van der Waals surface area (Å²) in [7, 11) is 0. The van der Waals surface area contributed by atoms with Gasteiger partial charge in [0, 0.05) is 43.8 Å². The summed E-state index contributed by atoms with van der Waals surface area (Å²) < 4.78 is 11.3. The van der Waals surface area contributed by atoms with E-state index in [0.717, 1.165) is 39.3 Å². The highest BCUT2D eigenvalue weighted by Gasteiger charge is 2.38. The van der Waals surface area contributed by atoms with Gasteiger partial charge in [0.1, 0.15) is 23.8 Å². The van der Waals surface area contributed by atoms with Gasteiger partial charge in [0.05, 0.1) is 22.1 Å². The van der Waals surface area contributed by atoms with Crippen LogP contribution in [0.5, 0.6) is 5.75 Å². The Bertz CT molecular complexity index is 3090. The summed E-state index contributed by atoms with van der Waals surface area (Å²) in [5.74, 6) is 1.38. The Balaban J connectivity index is 1.19. The first-order valence-electron chi connectivity index (χ1n) is 18.8. The van der Waals surface area contributed by atoms with Crippen LogP contribution in [0.3, 0.4) is 0 Å². The fraction of sp³-hybridized carbons (Fsp3) is 0.0800. The molecule has 0 saturated heterocycles. The van der Waals surface area contributed by atoms with Crippen molar-refractivity contribution in [3.8, 4) is 22.6 Å². The molecule has 5 heteroatoms. The standard InChI is InChI=1S/C50H36N4O/c1-50(2)39-21-11-7-17-33(39)36-27-28-42-45(46(36)50)37-26-25-32(54-40-22-12-8-18-34(40)35-19-9-13-23-41(35)54)29-43(37)53(42)30-52-48-38-20-10-14-24-44(38)55-49(48)47(51-3)31-15-5-4-6-16-31/h4-29H,3,30H2,1-2H3/b49-47+,52-48-. The first kappa shape index (κ1) is 31.5. The third-order valence-electron chi connectivity index (χ3n) is 11.7. The number of nitrogens with zero attached hydrogens (tertiary/aromatic N) is 4. The molecule has 1 aliphatic carbocycles. The van der Waals surface area contributed by atoms with E-state index in [1.54, 1.807) is 0 Å². The van der Waals surface area contributed by atoms with Gasteiger partial charge in [0.2, 0.25) is 0 Å². The fourth-order valence-electron chi connectivity index (χ4n) is 9.32. The normalized spacial score (nSPS) is 15.8. The smallest absolute Gasteiger partial charge is 0.179 e. The van der Waals surface area contributed by atoms with Crippen LogP contribution in [-0.2, 0) is 12.1 Å². The Hall–Kier alpha value is -6.98. The maximum absolute atomic E-state index is 6.55. The lowest BCUT2D eigenvalue weighted by atomic mass is 9.80. The van der Waals surface area contributed by atoms with Crippen LogP contribution in [0.4, 0.5) is 0 Å². The number of aromatic nitrogens is 2. The van der Waals surface area contributed by atoms with E-state index in [4.69, 9.17) is 9.73 Å². The van der Waals surface area contributed by atoms with Crippen molar-refractivity contribution in [3.63, 3.8) is 0 Å². The lowest BCUT2D eigenvalue weighted by Gasteiger charge is -2.22. The minimum atomic E-state index is -0.184. The molecule has 0 N–H and O–H groups in total. The van der Waals surface area contributed by atoms with Crippen molar-refractivity contribution in [1.29, 1.82) is 0 Å². The zero-order valence-corrected chi connectivity index (χ0v) is 30.6. The van der Waals surface area contributed by atoms with Crippen molar-refractivity contribution in [2.45, 2.75) is 25.9 Å². The van der Waals surface area contributed by atoms with Gasteiger partial charge in [-0.2, -0.15) is 0 Å². The van der Waals surface area contributed by atoms with Crippen LogP contribution in [0.2, 0.25) is 0 Å². The molecule has 7 aromatic carbocycles. The molecule has 0 bridgehead atoms. The predicted octanol–water partition coefficient (Wildman–Crippen LogP) is 12.1. The van der Waals surface area contributed by atoms with E-state index in [1.807, 2.05) is 48.5 Å². The van der Waals surface area contributed by atoms with Crippen LogP contribution in [0.25, 0.3) is 66.1 Å². The summed E-state index contributed by atoms with van der Waals surface area (Å²) in [6, 6.07) is 56.0. The Kier molecular flexibility index (Phi) is 6.74. The Morgan fingerprint density at radius 3 is 2.05 bits per heavy atom. The number of hydrogen-bond acceptors (Lipinski definition) is 3. The van der Waals surface area contributed by atoms with E-state index >= 15 is 0 Å². The summed E-state index contributed by atoms with van der Waals surface area (Å²) in [6.45, 7) is 9.07. The largest absolute Gasteiger partial charge is 0.452 e. The summed E-state index contributed by atoms with van der Waals surface area (Å²) >= 11 is 0. The molecule has 0 amide bonds. The highest BCUT2D eigenvalue weighted by molar-refractivity contribution is 6.20. The third kappa shape index (κ3) is 4.47. The number of rotatable bonds is 5. The number of benzene rings is 7. The Morgan fingerprint density at radius 2 is 1.29 bits per heavy atom. The van der Waals surface area contributed by atoms with Gasteiger partial charge in [-0.25, -0.2) is 0 Å². The molecular formula is C50H36N4O. The summed E-state index contributed by atoms with van der Waals surface area (Å²) in [4.78, 5) is 9.94. The van der Waals surface area contributed by atoms with Gasteiger partial charge >= 0.3 is 0 Å². The molecule has 3 heterocycles. The van der Waals surface area contributed by atoms with E-state index < -0.39 is 0 Å². The summed E-state index contributed by atoms with van der Waals surface area (Å²) in [5, 5.41) is 4.98. The quantitative estimate of drug-likeness (QED) is 0.164. The maximum Gasteiger partial charge on any atom is 0.179 e. The minimum absolute atomic E-state index is 0.184. The first-order valence-corrected chi connectivity index (χ1v) is 18.8. The van der Waals surface area contributed by atoms with Gasteiger partial charge in [-0.05, 0) is 71.4 Å². The molecule has 5 nitrogen and oxygen atoms in total. The number of ether oxygens (including phenoxy) is 1. The Morgan fingerprint density at radius 1 is 0.618 bits per heavy atom. The molecule has 0 radical (unpaired) electrons. The lowest BCUT2D eigenvalue weighted by molar-refractivity contribution is 0.470. The van der Waals surface area contributed by atoms with Gasteiger partial charge in [-0.1, -0.05) is 129 Å². The fourth-order valence-corrected chi connectivity index (χ4v) is 9.32. The summed E-state index contributed by atoms with van der Waals surface area (Å²) in [5.41, 5.74) is 14.2. The zero-order chi connectivity index (χ0) is 36.8. The number of allylic oxidation sites excluding steroid dienone is 1. The van der Waals surface area contributed by atoms with Crippen LogP contribution in [-0.4, -0.2) is 21.6 Å². The number of hydrogen-bond donors (Lipinski definition) is 0. The SMILES string of the molecule is C=N/C(=C1/Oc2ccccc2/C1=N/Cn1c2cc(-n3c4ccccc4c4ccccc43)ccc2c2c3c(ccc21)-c1ccccc1C3(C)C)c1ccccc1. The molecule has 11 rings (SSSR count). The topological polar surface area (TPSA) is 43.8 Å². The monoisotopic (exact) mass is 708 g/mol. The van der Waals surface area contributed by atoms with Crippen LogP contribution >= 0.6 is 0 Å². The molecule has 0 fully saturated rings. The second kappa shape index (κ2) is 11.8. The molecule has 0 unspecified atom stereocenters. The second-order valence-electron chi connectivity index (χ2n) is 15.0. The van der Waals surface area contributed by atoms with E-state index in [-0.39, 0.29) is 5.41 Å². The molecule has 2 aliphatic rings. The van der Waals surface area contributed by atoms with Crippen LogP contribution in [0.1, 0.15) is 36.1 Å². The number of fused-ring (bicyclic) bond motifs is 11. The van der Waals surface area contributed by atoms with E-state index in [1.165, 1.54) is 54.8 Å². The van der Waals surface area contributed by atoms with Crippen molar-refractivity contribution < 1.29 is 4.74 Å². The van der Waals surface area contributed by atoms with Gasteiger partial charge in [-0.3, -0.25) is 9.98 Å². The highest BCUT2D eigenvalue weighted by Crippen LogP contribution is 2.53. The number of aliphatic imine (C=N–C) groups is 2. The van der Waals surface area contributed by atoms with E-state index in [2.05, 4.69) is 144 Å². The molecule has 0 spiro atoms. The average Bonchev–Trinajstić information content (AvgIpc) is 3.93. The van der Waals surface area contributed by atoms with Crippen molar-refractivity contribution in [3.05, 3.63) is 186 Å². The molecule has 262 valence electrons. The van der Waals surface area contributed by atoms with Crippen LogP contribution in [0, 0.1) is 0 Å². The minimum Gasteiger partial charge on any atom is -0.452 e. The van der Waals surface area contributed by atoms with Crippen molar-refractivity contribution in [1.82, 2.24) is 9.13 Å². The van der Waals surface area contributed by atoms with Gasteiger partial charge < -0.3 is 13.9 Å². The molecule has 0 saturated carbocycles. The van der Waals surface area contributed by atoms with Crippen molar-refractivity contribution in [2.24, 2.45) is 9.98 Å². The van der Waals surface area contributed by atoms with Gasteiger partial charge in [-0.15, -0.1) is 0 Å². The second-order valence-corrected chi connectivity index (χ2v) is 15.0. The molecule has 2 aromatic heterocycles. The molecular weight excluding hydrogens is 673 g/mol. The maximum atomic E-state index is 6.55. The average molecular weight is 709 g/mol. The first-order chi connectivity index (χ1) is 27.0. The third-order valence-corrected chi connectivity index (χ3v) is 11.7. The molecule has 55 heavy (non-hydrogen) atoms. The van der Waals surface area contributed by atoms with Crippen molar-refractivity contribution >= 4 is 61.7 Å². The number of para-hydroxylation sites is 3. The van der Waals surface area contributed by atoms with E-state index in [9.17, 15) is 0 Å². The van der Waals surface area contributed by atoms with Crippen molar-refractivity contribution in [2.75, 3.05) is 0 Å². The lowest BCUT2D eigenvalue weighted by Crippen LogP contribution is -2.15. The molecule has 0 atom stereocenters. The Labute approximate surface area is 318 Å². The highest BCUT2D eigenvalue weighted by atomic mass is 16.5. The molecule has 1 aliphatic heterocycles. The van der Waals surface area contributed by atoms with Crippen LogP contribution in [0.15, 0.2) is 173 Å². The van der Waals surface area contributed by atoms with Gasteiger partial charge in [0.25, 0.3) is 0 Å². The van der Waals surface area contributed by atoms with Gasteiger partial charge in [0.15, 0.2) is 5.76 Å². The van der Waals surface area contributed by atoms with E-state index in [0.29, 0.717) is 18.1 Å².